The number of benzene rings is 1. The predicted molar refractivity (Wildman–Crippen MR) is 96.3 cm³/mol. The molecule has 2 aromatic rings. The van der Waals surface area contributed by atoms with Gasteiger partial charge in [-0.2, -0.15) is 0 Å². The summed E-state index contributed by atoms with van der Waals surface area (Å²) in [7, 11) is 0. The molecule has 3 saturated heterocycles. The van der Waals surface area contributed by atoms with E-state index in [0.717, 1.165) is 30.4 Å². The van der Waals surface area contributed by atoms with E-state index < -0.39 is 0 Å². The highest BCUT2D eigenvalue weighted by atomic mass is 16.5. The molecule has 0 radical (unpaired) electrons. The average Bonchev–Trinajstić information content (AvgIpc) is 3.34. The second-order valence-corrected chi connectivity index (χ2v) is 7.68. The smallest absolute Gasteiger partial charge is 0.147 e. The molecule has 3 unspecified atom stereocenters. The molecule has 5 nitrogen and oxygen atoms in total. The van der Waals surface area contributed by atoms with Gasteiger partial charge >= 0.3 is 0 Å². The molecule has 0 aliphatic carbocycles. The van der Waals surface area contributed by atoms with Crippen LogP contribution in [0.4, 0.5) is 5.69 Å². The van der Waals surface area contributed by atoms with Gasteiger partial charge in [0.25, 0.3) is 0 Å². The van der Waals surface area contributed by atoms with Crippen molar-refractivity contribution in [3.05, 3.63) is 42.7 Å². The summed E-state index contributed by atoms with van der Waals surface area (Å²) in [6.07, 6.45) is 7.68. The van der Waals surface area contributed by atoms with Crippen LogP contribution in [0, 0.1) is 5.92 Å². The first kappa shape index (κ1) is 15.0. The van der Waals surface area contributed by atoms with Gasteiger partial charge < -0.3 is 14.7 Å². The van der Waals surface area contributed by atoms with Crippen LogP contribution in [0.3, 0.4) is 0 Å². The number of phenols is 1. The minimum absolute atomic E-state index is 0.238. The Morgan fingerprint density at radius 2 is 2.00 bits per heavy atom. The van der Waals surface area contributed by atoms with Crippen LogP contribution in [0.15, 0.2) is 42.7 Å². The number of anilines is 1. The van der Waals surface area contributed by atoms with E-state index in [9.17, 15) is 5.11 Å². The van der Waals surface area contributed by atoms with Crippen molar-refractivity contribution in [1.29, 1.82) is 0 Å². The molecule has 1 spiro atoms. The Morgan fingerprint density at radius 1 is 1.12 bits per heavy atom. The van der Waals surface area contributed by atoms with Crippen molar-refractivity contribution in [1.82, 2.24) is 9.88 Å². The summed E-state index contributed by atoms with van der Waals surface area (Å²) in [4.78, 5) is 9.56. The molecule has 3 aliphatic rings. The maximum atomic E-state index is 9.38. The summed E-state index contributed by atoms with van der Waals surface area (Å²) in [5, 5.41) is 9.38. The fourth-order valence-electron chi connectivity index (χ4n) is 4.88. The third-order valence-electron chi connectivity index (χ3n) is 6.09. The Bertz CT molecular complexity index is 779. The van der Waals surface area contributed by atoms with E-state index in [1.54, 1.807) is 30.5 Å². The van der Waals surface area contributed by atoms with Crippen LogP contribution in [-0.2, 0) is 0 Å². The molecule has 0 amide bonds. The number of phenolic OH excluding ortho intramolecular Hbond substituents is 1. The number of hydrogen-bond donors (Lipinski definition) is 1. The number of piperidine rings is 1. The van der Waals surface area contributed by atoms with Gasteiger partial charge in [-0.1, -0.05) is 0 Å². The standard InChI is InChI=1S/C20H23N3O2/c24-17-1-3-18(4-2-17)25-19-9-16(11-21-12-19)22-8-6-20(14-22)10-15-5-7-23(20)13-15/h1-4,9,11-12,15,24H,5-8,10,13-14H2. The number of ether oxygens (including phenoxy) is 1. The summed E-state index contributed by atoms with van der Waals surface area (Å²) in [6, 6.07) is 8.84. The molecule has 5 rings (SSSR count). The number of fused-ring (bicyclic) bond motifs is 3. The third kappa shape index (κ3) is 2.63. The molecule has 4 heterocycles. The zero-order chi connectivity index (χ0) is 16.9. The Morgan fingerprint density at radius 3 is 2.76 bits per heavy atom. The second-order valence-electron chi connectivity index (χ2n) is 7.68. The summed E-state index contributed by atoms with van der Waals surface area (Å²) in [5.74, 6) is 2.59. The normalized spacial score (nSPS) is 30.3. The zero-order valence-electron chi connectivity index (χ0n) is 14.3. The molecular formula is C20H23N3O2. The summed E-state index contributed by atoms with van der Waals surface area (Å²) in [6.45, 7) is 4.78. The first-order chi connectivity index (χ1) is 12.2. The Labute approximate surface area is 147 Å². The van der Waals surface area contributed by atoms with Gasteiger partial charge in [0.2, 0.25) is 0 Å². The molecule has 25 heavy (non-hydrogen) atoms. The monoisotopic (exact) mass is 337 g/mol. The summed E-state index contributed by atoms with van der Waals surface area (Å²) >= 11 is 0. The largest absolute Gasteiger partial charge is 0.508 e. The highest BCUT2D eigenvalue weighted by Crippen LogP contribution is 2.46. The maximum Gasteiger partial charge on any atom is 0.147 e. The molecule has 5 heteroatoms. The Kier molecular flexibility index (Phi) is 3.38. The van der Waals surface area contributed by atoms with Gasteiger partial charge in [-0.05, 0) is 56.0 Å². The Balaban J connectivity index is 1.32. The van der Waals surface area contributed by atoms with E-state index in [2.05, 4.69) is 20.9 Å². The van der Waals surface area contributed by atoms with E-state index in [-0.39, 0.29) is 5.75 Å². The van der Waals surface area contributed by atoms with Gasteiger partial charge in [-0.15, -0.1) is 0 Å². The lowest BCUT2D eigenvalue weighted by molar-refractivity contribution is 0.155. The molecule has 3 atom stereocenters. The highest BCUT2D eigenvalue weighted by molar-refractivity contribution is 5.51. The Hall–Kier alpha value is -2.27. The molecule has 130 valence electrons. The van der Waals surface area contributed by atoms with Crippen molar-refractivity contribution in [2.24, 2.45) is 5.92 Å². The number of aromatic nitrogens is 1. The van der Waals surface area contributed by atoms with Gasteiger partial charge in [0.15, 0.2) is 0 Å². The quantitative estimate of drug-likeness (QED) is 0.932. The van der Waals surface area contributed by atoms with Crippen LogP contribution in [0.25, 0.3) is 0 Å². The van der Waals surface area contributed by atoms with Crippen LogP contribution in [0.5, 0.6) is 17.2 Å². The van der Waals surface area contributed by atoms with Gasteiger partial charge in [-0.25, -0.2) is 0 Å². The molecule has 1 aromatic heterocycles. The lowest BCUT2D eigenvalue weighted by Gasteiger charge is -2.36. The van der Waals surface area contributed by atoms with Crippen molar-refractivity contribution in [3.63, 3.8) is 0 Å². The van der Waals surface area contributed by atoms with Crippen molar-refractivity contribution >= 4 is 5.69 Å². The fraction of sp³-hybridized carbons (Fsp3) is 0.450. The second kappa shape index (κ2) is 5.63. The van der Waals surface area contributed by atoms with E-state index in [1.807, 2.05) is 6.20 Å². The maximum absolute atomic E-state index is 9.38. The molecular weight excluding hydrogens is 314 g/mol. The van der Waals surface area contributed by atoms with Crippen molar-refractivity contribution < 1.29 is 9.84 Å². The number of pyridine rings is 1. The van der Waals surface area contributed by atoms with Gasteiger partial charge in [0.05, 0.1) is 18.1 Å². The SMILES string of the molecule is Oc1ccc(Oc2cncc(N3CCC4(CC5CCN4C5)C3)c2)cc1. The van der Waals surface area contributed by atoms with Gasteiger partial charge in [0, 0.05) is 31.2 Å². The molecule has 3 aliphatic heterocycles. The van der Waals surface area contributed by atoms with Crippen molar-refractivity contribution in [2.75, 3.05) is 31.1 Å². The number of aromatic hydroxyl groups is 1. The number of nitrogens with zero attached hydrogens (tertiary/aromatic N) is 3. The highest BCUT2D eigenvalue weighted by Gasteiger charge is 2.52. The van der Waals surface area contributed by atoms with Crippen LogP contribution in [0.1, 0.15) is 19.3 Å². The number of hydrogen-bond acceptors (Lipinski definition) is 5. The van der Waals surface area contributed by atoms with E-state index in [0.29, 0.717) is 11.3 Å². The lowest BCUT2D eigenvalue weighted by Crippen LogP contribution is -2.46. The van der Waals surface area contributed by atoms with Crippen molar-refractivity contribution in [2.45, 2.75) is 24.8 Å². The van der Waals surface area contributed by atoms with Crippen molar-refractivity contribution in [3.8, 4) is 17.2 Å². The average molecular weight is 337 g/mol. The minimum atomic E-state index is 0.238. The van der Waals surface area contributed by atoms with Crippen LogP contribution in [0.2, 0.25) is 0 Å². The third-order valence-corrected chi connectivity index (χ3v) is 6.09. The van der Waals surface area contributed by atoms with E-state index in [4.69, 9.17) is 4.74 Å². The van der Waals surface area contributed by atoms with Crippen LogP contribution < -0.4 is 9.64 Å². The molecule has 1 aromatic carbocycles. The first-order valence-corrected chi connectivity index (χ1v) is 9.12. The summed E-state index contributed by atoms with van der Waals surface area (Å²) in [5.41, 5.74) is 1.54. The molecule has 2 bridgehead atoms. The van der Waals surface area contributed by atoms with Crippen LogP contribution in [-0.4, -0.2) is 46.7 Å². The molecule has 0 saturated carbocycles. The van der Waals surface area contributed by atoms with E-state index in [1.165, 1.54) is 32.4 Å². The predicted octanol–water partition coefficient (Wildman–Crippen LogP) is 3.25. The zero-order valence-corrected chi connectivity index (χ0v) is 14.3. The number of rotatable bonds is 3. The van der Waals surface area contributed by atoms with E-state index >= 15 is 0 Å². The fourth-order valence-corrected chi connectivity index (χ4v) is 4.88. The lowest BCUT2D eigenvalue weighted by atomic mass is 9.87. The molecule has 1 N–H and O–H groups in total. The van der Waals surface area contributed by atoms with Gasteiger partial charge in [0.1, 0.15) is 17.2 Å². The van der Waals surface area contributed by atoms with Crippen LogP contribution >= 0.6 is 0 Å². The minimum Gasteiger partial charge on any atom is -0.508 e. The molecule has 3 fully saturated rings. The topological polar surface area (TPSA) is 48.8 Å². The first-order valence-electron chi connectivity index (χ1n) is 9.12. The summed E-state index contributed by atoms with van der Waals surface area (Å²) < 4.78 is 5.89. The van der Waals surface area contributed by atoms with Gasteiger partial charge in [-0.3, -0.25) is 9.88 Å².